The molecule has 2 heteroatoms. The molecule has 0 saturated heterocycles. The molecule has 0 bridgehead atoms. The molecule has 2 nitrogen and oxygen atoms in total. The van der Waals surface area contributed by atoms with Crippen LogP contribution in [-0.4, -0.2) is 22.9 Å². The van der Waals surface area contributed by atoms with Gasteiger partial charge in [-0.15, -0.1) is 0 Å². The van der Waals surface area contributed by atoms with Crippen molar-refractivity contribution in [2.24, 2.45) is 34.5 Å². The van der Waals surface area contributed by atoms with Gasteiger partial charge in [0.25, 0.3) is 0 Å². The molecule has 4 rings (SSSR count). The first kappa shape index (κ1) is 16.1. The summed E-state index contributed by atoms with van der Waals surface area (Å²) >= 11 is 0. The van der Waals surface area contributed by atoms with E-state index in [1.54, 1.807) is 5.57 Å². The second kappa shape index (κ2) is 5.59. The Balaban J connectivity index is 1.62. The van der Waals surface area contributed by atoms with Crippen molar-refractivity contribution in [3.8, 4) is 0 Å². The van der Waals surface area contributed by atoms with Crippen molar-refractivity contribution in [1.82, 2.24) is 0 Å². The lowest BCUT2D eigenvalue weighted by atomic mass is 9.47. The van der Waals surface area contributed by atoms with Crippen LogP contribution in [-0.2, 0) is 0 Å². The average molecular weight is 319 g/mol. The number of aliphatic hydroxyl groups excluding tert-OH is 2. The minimum absolute atomic E-state index is 0.0971. The number of hydrogen-bond donors (Lipinski definition) is 2. The summed E-state index contributed by atoms with van der Waals surface area (Å²) in [7, 11) is 0. The first-order chi connectivity index (χ1) is 11.0. The maximum Gasteiger partial charge on any atom is 0.0577 e. The lowest BCUT2D eigenvalue weighted by Crippen LogP contribution is -2.50. The predicted molar refractivity (Wildman–Crippen MR) is 92.9 cm³/mol. The van der Waals surface area contributed by atoms with E-state index in [4.69, 9.17) is 0 Å². The van der Waals surface area contributed by atoms with Crippen LogP contribution in [0.15, 0.2) is 11.6 Å². The molecule has 3 saturated carbocycles. The second-order valence-electron chi connectivity index (χ2n) is 9.49. The Hall–Kier alpha value is -0.340. The van der Waals surface area contributed by atoms with Crippen LogP contribution in [0.2, 0.25) is 0 Å². The van der Waals surface area contributed by atoms with Crippen LogP contribution in [0.5, 0.6) is 0 Å². The first-order valence-electron chi connectivity index (χ1n) is 9.97. The number of fused-ring (bicyclic) bond motifs is 5. The van der Waals surface area contributed by atoms with Crippen LogP contribution < -0.4 is 0 Å². The van der Waals surface area contributed by atoms with Gasteiger partial charge in [-0.1, -0.05) is 25.5 Å². The summed E-state index contributed by atoms with van der Waals surface area (Å²) in [6.45, 7) is 5.40. The fourth-order valence-corrected chi connectivity index (χ4v) is 7.38. The summed E-state index contributed by atoms with van der Waals surface area (Å²) in [5.41, 5.74) is 2.41. The van der Waals surface area contributed by atoms with Gasteiger partial charge in [-0.25, -0.2) is 0 Å². The third-order valence-corrected chi connectivity index (χ3v) is 8.75. The Labute approximate surface area is 141 Å². The quantitative estimate of drug-likeness (QED) is 0.745. The summed E-state index contributed by atoms with van der Waals surface area (Å²) in [6.07, 6.45) is 13.2. The van der Waals surface area contributed by atoms with E-state index in [2.05, 4.69) is 19.9 Å². The van der Waals surface area contributed by atoms with Crippen molar-refractivity contribution in [2.45, 2.75) is 77.7 Å². The van der Waals surface area contributed by atoms with Gasteiger partial charge in [0.2, 0.25) is 0 Å². The lowest BCUT2D eigenvalue weighted by molar-refractivity contribution is -0.0521. The standard InChI is InChI=1S/C21H34O2/c1-20-11-8-19-17(18(20)6-4-14(20)9-12-22)5-3-15-13-16(23)7-10-21(15,19)2/h3,14,16-19,22-23H,4-13H2,1-2H3. The highest BCUT2D eigenvalue weighted by Gasteiger charge is 2.58. The van der Waals surface area contributed by atoms with Gasteiger partial charge in [-0.05, 0) is 92.3 Å². The number of rotatable bonds is 2. The largest absolute Gasteiger partial charge is 0.396 e. The lowest BCUT2D eigenvalue weighted by Gasteiger charge is -2.58. The highest BCUT2D eigenvalue weighted by molar-refractivity contribution is 5.25. The van der Waals surface area contributed by atoms with Gasteiger partial charge in [0.05, 0.1) is 6.10 Å². The van der Waals surface area contributed by atoms with Crippen molar-refractivity contribution in [1.29, 1.82) is 0 Å². The summed E-state index contributed by atoms with van der Waals surface area (Å²) in [4.78, 5) is 0. The maximum atomic E-state index is 10.1. The van der Waals surface area contributed by atoms with Gasteiger partial charge < -0.3 is 10.2 Å². The number of allylic oxidation sites excluding steroid dienone is 1. The highest BCUT2D eigenvalue weighted by atomic mass is 16.3. The number of hydrogen-bond acceptors (Lipinski definition) is 2. The Morgan fingerprint density at radius 1 is 1.09 bits per heavy atom. The molecule has 0 spiro atoms. The van der Waals surface area contributed by atoms with Gasteiger partial charge in [0.15, 0.2) is 0 Å². The molecule has 0 aromatic carbocycles. The topological polar surface area (TPSA) is 40.5 Å². The zero-order chi connectivity index (χ0) is 16.2. The van der Waals surface area contributed by atoms with Crippen LogP contribution in [0.4, 0.5) is 0 Å². The molecule has 3 fully saturated rings. The van der Waals surface area contributed by atoms with Crippen molar-refractivity contribution >= 4 is 0 Å². The van der Waals surface area contributed by atoms with Gasteiger partial charge in [0, 0.05) is 6.61 Å². The summed E-state index contributed by atoms with van der Waals surface area (Å²) < 4.78 is 0. The SMILES string of the molecule is CC12CCC(O)CC1=CCC1C2CCC2(C)C(CCO)CCC12. The van der Waals surface area contributed by atoms with Gasteiger partial charge in [0.1, 0.15) is 0 Å². The minimum Gasteiger partial charge on any atom is -0.396 e. The molecule has 0 heterocycles. The van der Waals surface area contributed by atoms with Crippen LogP contribution in [0.25, 0.3) is 0 Å². The monoisotopic (exact) mass is 318 g/mol. The molecular weight excluding hydrogens is 284 g/mol. The van der Waals surface area contributed by atoms with E-state index < -0.39 is 0 Å². The van der Waals surface area contributed by atoms with Crippen LogP contribution >= 0.6 is 0 Å². The van der Waals surface area contributed by atoms with E-state index in [-0.39, 0.29) is 6.10 Å². The Bertz CT molecular complexity index is 498. The third kappa shape index (κ3) is 2.28. The van der Waals surface area contributed by atoms with Crippen molar-refractivity contribution in [3.63, 3.8) is 0 Å². The second-order valence-corrected chi connectivity index (χ2v) is 9.49. The summed E-state index contributed by atoms with van der Waals surface area (Å²) in [6, 6.07) is 0. The van der Waals surface area contributed by atoms with E-state index >= 15 is 0 Å². The molecule has 0 aromatic rings. The van der Waals surface area contributed by atoms with Crippen LogP contribution in [0, 0.1) is 34.5 Å². The van der Waals surface area contributed by atoms with Gasteiger partial charge >= 0.3 is 0 Å². The van der Waals surface area contributed by atoms with Gasteiger partial charge in [-0.3, -0.25) is 0 Å². The average Bonchev–Trinajstić information content (AvgIpc) is 2.85. The van der Waals surface area contributed by atoms with E-state index in [9.17, 15) is 10.2 Å². The van der Waals surface area contributed by atoms with E-state index in [0.29, 0.717) is 17.4 Å². The molecule has 0 amide bonds. The molecule has 7 unspecified atom stereocenters. The Morgan fingerprint density at radius 2 is 1.91 bits per heavy atom. The molecule has 130 valence electrons. The molecule has 4 aliphatic rings. The van der Waals surface area contributed by atoms with Crippen molar-refractivity contribution < 1.29 is 10.2 Å². The summed E-state index contributed by atoms with van der Waals surface area (Å²) in [5.74, 6) is 3.28. The summed E-state index contributed by atoms with van der Waals surface area (Å²) in [5, 5.41) is 19.5. The Kier molecular flexibility index (Phi) is 3.93. The van der Waals surface area contributed by atoms with E-state index in [1.165, 1.54) is 38.5 Å². The first-order valence-corrected chi connectivity index (χ1v) is 9.97. The third-order valence-electron chi connectivity index (χ3n) is 8.75. The number of aliphatic hydroxyl groups is 2. The molecule has 0 aromatic heterocycles. The Morgan fingerprint density at radius 3 is 2.70 bits per heavy atom. The van der Waals surface area contributed by atoms with Gasteiger partial charge in [-0.2, -0.15) is 0 Å². The highest BCUT2D eigenvalue weighted by Crippen LogP contribution is 2.66. The van der Waals surface area contributed by atoms with Crippen LogP contribution in [0.1, 0.15) is 71.6 Å². The van der Waals surface area contributed by atoms with Crippen LogP contribution in [0.3, 0.4) is 0 Å². The molecule has 23 heavy (non-hydrogen) atoms. The zero-order valence-electron chi connectivity index (χ0n) is 14.9. The van der Waals surface area contributed by atoms with Crippen molar-refractivity contribution in [2.75, 3.05) is 6.61 Å². The molecule has 2 N–H and O–H groups in total. The molecule has 7 atom stereocenters. The van der Waals surface area contributed by atoms with E-state index in [1.807, 2.05) is 0 Å². The molecule has 0 aliphatic heterocycles. The maximum absolute atomic E-state index is 10.1. The van der Waals surface area contributed by atoms with Crippen molar-refractivity contribution in [3.05, 3.63) is 11.6 Å². The predicted octanol–water partition coefficient (Wildman–Crippen LogP) is 4.31. The van der Waals surface area contributed by atoms with E-state index in [0.717, 1.165) is 42.9 Å². The molecule has 0 radical (unpaired) electrons. The fraction of sp³-hybridized carbons (Fsp3) is 0.905. The molecular formula is C21H34O2. The smallest absolute Gasteiger partial charge is 0.0577 e. The fourth-order valence-electron chi connectivity index (χ4n) is 7.38. The minimum atomic E-state index is -0.0971. The molecule has 4 aliphatic carbocycles. The zero-order valence-corrected chi connectivity index (χ0v) is 14.9. The normalized spacial score (nSPS) is 52.3.